The van der Waals surface area contributed by atoms with Gasteiger partial charge in [0, 0.05) is 26.1 Å². The molecule has 2 aromatic heterocycles. The highest BCUT2D eigenvalue weighted by Gasteiger charge is 2.33. The van der Waals surface area contributed by atoms with Crippen molar-refractivity contribution in [2.24, 2.45) is 7.05 Å². The maximum atomic E-state index is 13.0. The summed E-state index contributed by atoms with van der Waals surface area (Å²) in [5.74, 6) is 2.03. The highest BCUT2D eigenvalue weighted by Crippen LogP contribution is 2.32. The van der Waals surface area contributed by atoms with E-state index in [1.165, 1.54) is 0 Å². The molecule has 0 spiro atoms. The van der Waals surface area contributed by atoms with Crippen molar-refractivity contribution in [3.63, 3.8) is 0 Å². The van der Waals surface area contributed by atoms with Crippen molar-refractivity contribution in [3.8, 4) is 0 Å². The molecule has 1 atom stereocenters. The molecule has 3 heterocycles. The van der Waals surface area contributed by atoms with Crippen molar-refractivity contribution < 1.29 is 9.32 Å². The lowest BCUT2D eigenvalue weighted by Gasteiger charge is -2.22. The number of hydrogen-bond acceptors (Lipinski definition) is 5. The number of carbonyl (C=O) groups is 1. The molecule has 4 rings (SSSR count). The molecule has 1 aliphatic heterocycles. The van der Waals surface area contributed by atoms with Crippen LogP contribution in [0.4, 0.5) is 0 Å². The Kier molecular flexibility index (Phi) is 3.37. The molecule has 1 aliphatic rings. The number of aryl methyl sites for hydroxylation is 3. The molecule has 0 bridgehead atoms. The monoisotopic (exact) mass is 325 g/mol. The summed E-state index contributed by atoms with van der Waals surface area (Å²) in [5, 5.41) is 3.99. The molecule has 0 N–H and O–H groups in total. The molecule has 0 unspecified atom stereocenters. The van der Waals surface area contributed by atoms with E-state index in [1.807, 2.05) is 41.6 Å². The lowest BCUT2D eigenvalue weighted by molar-refractivity contribution is 0.0728. The molecule has 1 fully saturated rings. The van der Waals surface area contributed by atoms with Crippen LogP contribution in [-0.2, 0) is 7.05 Å². The zero-order chi connectivity index (χ0) is 16.8. The van der Waals surface area contributed by atoms with Crippen molar-refractivity contribution >= 4 is 16.9 Å². The van der Waals surface area contributed by atoms with Gasteiger partial charge in [0.1, 0.15) is 5.82 Å². The van der Waals surface area contributed by atoms with Crippen LogP contribution >= 0.6 is 0 Å². The first-order valence-electron chi connectivity index (χ1n) is 8.09. The Bertz CT molecular complexity index is 926. The van der Waals surface area contributed by atoms with Gasteiger partial charge in [-0.25, -0.2) is 4.98 Å². The Hall–Kier alpha value is -2.70. The first-order chi connectivity index (χ1) is 11.5. The second-order valence-corrected chi connectivity index (χ2v) is 6.25. The van der Waals surface area contributed by atoms with Crippen LogP contribution in [0.25, 0.3) is 11.0 Å². The van der Waals surface area contributed by atoms with Gasteiger partial charge in [-0.05, 0) is 38.0 Å². The van der Waals surface area contributed by atoms with E-state index in [-0.39, 0.29) is 11.9 Å². The molecule has 1 saturated heterocycles. The summed E-state index contributed by atoms with van der Waals surface area (Å²) >= 11 is 0. The topological polar surface area (TPSA) is 77.1 Å². The maximum Gasteiger partial charge on any atom is 0.254 e. The van der Waals surface area contributed by atoms with Crippen LogP contribution in [0.15, 0.2) is 22.7 Å². The van der Waals surface area contributed by atoms with E-state index >= 15 is 0 Å². The summed E-state index contributed by atoms with van der Waals surface area (Å²) in [6, 6.07) is 5.56. The highest BCUT2D eigenvalue weighted by atomic mass is 16.5. The molecule has 24 heavy (non-hydrogen) atoms. The highest BCUT2D eigenvalue weighted by molar-refractivity contribution is 5.97. The molecule has 124 valence electrons. The number of rotatable bonds is 2. The van der Waals surface area contributed by atoms with Crippen LogP contribution in [0.5, 0.6) is 0 Å². The molecule has 0 saturated carbocycles. The zero-order valence-electron chi connectivity index (χ0n) is 14.0. The molecular weight excluding hydrogens is 306 g/mol. The quantitative estimate of drug-likeness (QED) is 0.723. The average Bonchev–Trinajstić information content (AvgIpc) is 3.27. The van der Waals surface area contributed by atoms with Gasteiger partial charge in [0.05, 0.1) is 17.1 Å². The van der Waals surface area contributed by atoms with Gasteiger partial charge in [-0.1, -0.05) is 5.16 Å². The van der Waals surface area contributed by atoms with Crippen LogP contribution in [-0.4, -0.2) is 37.0 Å². The Balaban J connectivity index is 1.67. The summed E-state index contributed by atoms with van der Waals surface area (Å²) in [7, 11) is 1.97. The number of nitrogens with zero attached hydrogens (tertiary/aromatic N) is 5. The first-order valence-corrected chi connectivity index (χ1v) is 8.09. The molecule has 7 heteroatoms. The molecule has 1 amide bonds. The van der Waals surface area contributed by atoms with Crippen molar-refractivity contribution in [2.45, 2.75) is 32.7 Å². The van der Waals surface area contributed by atoms with Crippen LogP contribution in [0, 0.1) is 13.8 Å². The average molecular weight is 325 g/mol. The van der Waals surface area contributed by atoms with Crippen LogP contribution < -0.4 is 0 Å². The Labute approximate surface area is 139 Å². The third kappa shape index (κ3) is 2.28. The minimum Gasteiger partial charge on any atom is -0.340 e. The third-order valence-corrected chi connectivity index (χ3v) is 4.71. The molecule has 7 nitrogen and oxygen atoms in total. The molecule has 0 radical (unpaired) electrons. The van der Waals surface area contributed by atoms with Crippen molar-refractivity contribution in [3.05, 3.63) is 41.3 Å². The van der Waals surface area contributed by atoms with E-state index in [0.29, 0.717) is 23.8 Å². The predicted octanol–water partition coefficient (Wildman–Crippen LogP) is 2.55. The Morgan fingerprint density at radius 3 is 2.88 bits per heavy atom. The fourth-order valence-corrected chi connectivity index (χ4v) is 3.35. The van der Waals surface area contributed by atoms with Gasteiger partial charge >= 0.3 is 0 Å². The third-order valence-electron chi connectivity index (χ3n) is 4.71. The smallest absolute Gasteiger partial charge is 0.254 e. The predicted molar refractivity (Wildman–Crippen MR) is 87.5 cm³/mol. The van der Waals surface area contributed by atoms with Crippen LogP contribution in [0.3, 0.4) is 0 Å². The largest absolute Gasteiger partial charge is 0.340 e. The number of imidazole rings is 1. The minimum absolute atomic E-state index is 0.00911. The summed E-state index contributed by atoms with van der Waals surface area (Å²) in [6.45, 7) is 4.42. The SMILES string of the molecule is Cc1nc([C@@H]2CCCN2C(=O)c2ccc3c(c2)nc(C)n3C)no1. The number of carbonyl (C=O) groups excluding carboxylic acids is 1. The molecule has 3 aromatic rings. The normalized spacial score (nSPS) is 17.8. The van der Waals surface area contributed by atoms with Gasteiger partial charge in [-0.2, -0.15) is 4.98 Å². The van der Waals surface area contributed by atoms with Gasteiger partial charge in [0.15, 0.2) is 5.82 Å². The van der Waals surface area contributed by atoms with Crippen LogP contribution in [0.2, 0.25) is 0 Å². The first kappa shape index (κ1) is 14.9. The lowest BCUT2D eigenvalue weighted by atomic mass is 10.1. The maximum absolute atomic E-state index is 13.0. The summed E-state index contributed by atoms with van der Waals surface area (Å²) in [6.07, 6.45) is 1.80. The standard InChI is InChI=1S/C17H19N5O2/c1-10-18-13-9-12(6-7-14(13)21(10)3)17(23)22-8-4-5-15(22)16-19-11(2)24-20-16/h6-7,9,15H,4-5,8H2,1-3H3/t15-/m0/s1. The van der Waals surface area contributed by atoms with Crippen molar-refractivity contribution in [2.75, 3.05) is 6.54 Å². The zero-order valence-corrected chi connectivity index (χ0v) is 14.0. The van der Waals surface area contributed by atoms with E-state index in [1.54, 1.807) is 6.92 Å². The molecule has 1 aromatic carbocycles. The summed E-state index contributed by atoms with van der Waals surface area (Å²) in [4.78, 5) is 23.6. The van der Waals surface area contributed by atoms with Gasteiger partial charge in [-0.15, -0.1) is 0 Å². The second-order valence-electron chi connectivity index (χ2n) is 6.25. The van der Waals surface area contributed by atoms with Gasteiger partial charge in [0.2, 0.25) is 5.89 Å². The fourth-order valence-electron chi connectivity index (χ4n) is 3.35. The van der Waals surface area contributed by atoms with E-state index in [2.05, 4.69) is 15.1 Å². The number of amides is 1. The molecular formula is C17H19N5O2. The lowest BCUT2D eigenvalue weighted by Crippen LogP contribution is -2.31. The summed E-state index contributed by atoms with van der Waals surface area (Å²) < 4.78 is 7.09. The minimum atomic E-state index is -0.115. The molecule has 0 aliphatic carbocycles. The van der Waals surface area contributed by atoms with E-state index in [0.717, 1.165) is 29.7 Å². The second kappa shape index (κ2) is 5.43. The number of likely N-dealkylation sites (tertiary alicyclic amines) is 1. The van der Waals surface area contributed by atoms with Gasteiger partial charge in [-0.3, -0.25) is 4.79 Å². The number of benzene rings is 1. The summed E-state index contributed by atoms with van der Waals surface area (Å²) in [5.41, 5.74) is 2.51. The van der Waals surface area contributed by atoms with Crippen LogP contribution in [0.1, 0.15) is 46.8 Å². The van der Waals surface area contributed by atoms with Crippen molar-refractivity contribution in [1.82, 2.24) is 24.6 Å². The van der Waals surface area contributed by atoms with Gasteiger partial charge in [0.25, 0.3) is 5.91 Å². The van der Waals surface area contributed by atoms with E-state index < -0.39 is 0 Å². The van der Waals surface area contributed by atoms with Gasteiger partial charge < -0.3 is 14.0 Å². The van der Waals surface area contributed by atoms with Crippen molar-refractivity contribution in [1.29, 1.82) is 0 Å². The Morgan fingerprint density at radius 2 is 2.12 bits per heavy atom. The van der Waals surface area contributed by atoms with E-state index in [4.69, 9.17) is 4.52 Å². The Morgan fingerprint density at radius 1 is 1.29 bits per heavy atom. The number of fused-ring (bicyclic) bond motifs is 1. The van der Waals surface area contributed by atoms with E-state index in [9.17, 15) is 4.79 Å². The number of hydrogen-bond donors (Lipinski definition) is 0. The number of aromatic nitrogens is 4. The fraction of sp³-hybridized carbons (Fsp3) is 0.412.